The molecule has 0 radical (unpaired) electrons. The number of aromatic nitrogens is 1. The van der Waals surface area contributed by atoms with E-state index in [1.807, 2.05) is 12.1 Å². The molecule has 0 aliphatic rings. The van der Waals surface area contributed by atoms with Crippen LogP contribution in [-0.2, 0) is 6.42 Å². The van der Waals surface area contributed by atoms with Gasteiger partial charge in [-0.15, -0.1) is 0 Å². The second kappa shape index (κ2) is 3.68. The molecular weight excluding hydrogens is 253 g/mol. The Hall–Kier alpha value is -0.540. The summed E-state index contributed by atoms with van der Waals surface area (Å²) in [6.07, 6.45) is 0.855. The van der Waals surface area contributed by atoms with Crippen LogP contribution < -0.4 is 0 Å². The highest BCUT2D eigenvalue weighted by Crippen LogP contribution is 2.22. The molecule has 2 nitrogen and oxygen atoms in total. The van der Waals surface area contributed by atoms with Crippen molar-refractivity contribution in [2.75, 3.05) is 5.33 Å². The molecule has 0 saturated carbocycles. The van der Waals surface area contributed by atoms with Gasteiger partial charge in [0.05, 0.1) is 5.69 Å². The number of rotatable bonds is 2. The summed E-state index contributed by atoms with van der Waals surface area (Å²) in [5.41, 5.74) is 1.75. The van der Waals surface area contributed by atoms with Crippen LogP contribution in [0.4, 0.5) is 0 Å². The number of aryl methyl sites for hydroxylation is 1. The van der Waals surface area contributed by atoms with Crippen molar-refractivity contribution < 1.29 is 4.52 Å². The van der Waals surface area contributed by atoms with Crippen molar-refractivity contribution in [1.29, 1.82) is 0 Å². The molecule has 0 aliphatic carbocycles. The van der Waals surface area contributed by atoms with Gasteiger partial charge in [0.1, 0.15) is 0 Å². The Morgan fingerprint density at radius 2 is 2.31 bits per heavy atom. The van der Waals surface area contributed by atoms with Gasteiger partial charge in [0.2, 0.25) is 0 Å². The lowest BCUT2D eigenvalue weighted by Crippen LogP contribution is -1.85. The molecular formula is C9H7BrClNO. The maximum Gasteiger partial charge on any atom is 0.167 e. The fraction of sp³-hybridized carbons (Fsp3) is 0.222. The van der Waals surface area contributed by atoms with Crippen molar-refractivity contribution in [3.05, 3.63) is 28.9 Å². The van der Waals surface area contributed by atoms with Crippen LogP contribution in [0, 0.1) is 0 Å². The molecule has 2 rings (SSSR count). The molecule has 0 aliphatic heterocycles. The van der Waals surface area contributed by atoms with Crippen molar-refractivity contribution in [3.8, 4) is 0 Å². The van der Waals surface area contributed by atoms with Crippen LogP contribution in [0.3, 0.4) is 0 Å². The van der Waals surface area contributed by atoms with E-state index >= 15 is 0 Å². The molecule has 0 unspecified atom stereocenters. The van der Waals surface area contributed by atoms with Gasteiger partial charge in [-0.3, -0.25) is 0 Å². The van der Waals surface area contributed by atoms with Crippen LogP contribution in [0.25, 0.3) is 11.0 Å². The second-order valence-corrected chi connectivity index (χ2v) is 3.94. The molecule has 68 valence electrons. The molecule has 13 heavy (non-hydrogen) atoms. The highest BCUT2D eigenvalue weighted by Gasteiger charge is 2.07. The molecule has 1 heterocycles. The lowest BCUT2D eigenvalue weighted by Gasteiger charge is -1.91. The summed E-state index contributed by atoms with van der Waals surface area (Å²) in [6, 6.07) is 5.51. The van der Waals surface area contributed by atoms with Gasteiger partial charge in [-0.05, 0) is 18.2 Å². The minimum atomic E-state index is 0.714. The summed E-state index contributed by atoms with van der Waals surface area (Å²) in [4.78, 5) is 0. The van der Waals surface area contributed by atoms with E-state index in [1.165, 1.54) is 0 Å². The fourth-order valence-electron chi connectivity index (χ4n) is 1.23. The highest BCUT2D eigenvalue weighted by atomic mass is 79.9. The van der Waals surface area contributed by atoms with Crippen LogP contribution in [0.5, 0.6) is 0 Å². The first-order valence-electron chi connectivity index (χ1n) is 3.91. The largest absolute Gasteiger partial charge is 0.356 e. The van der Waals surface area contributed by atoms with Gasteiger partial charge in [0.15, 0.2) is 5.58 Å². The third-order valence-electron chi connectivity index (χ3n) is 1.84. The first kappa shape index (κ1) is 9.03. The zero-order valence-corrected chi connectivity index (χ0v) is 9.10. The second-order valence-electron chi connectivity index (χ2n) is 2.71. The van der Waals surface area contributed by atoms with Crippen molar-refractivity contribution in [3.63, 3.8) is 0 Å². The molecule has 0 bridgehead atoms. The standard InChI is InChI=1S/C9H7BrClNO/c10-4-3-8-7-5-6(11)1-2-9(7)13-12-8/h1-2,5H,3-4H2. The SMILES string of the molecule is Clc1ccc2onc(CCBr)c2c1. The third-order valence-corrected chi connectivity index (χ3v) is 2.47. The number of benzene rings is 1. The van der Waals surface area contributed by atoms with Gasteiger partial charge in [0.25, 0.3) is 0 Å². The van der Waals surface area contributed by atoms with Crippen LogP contribution in [0.15, 0.2) is 22.7 Å². The summed E-state index contributed by atoms with van der Waals surface area (Å²) < 4.78 is 5.13. The Balaban J connectivity index is 2.58. The summed E-state index contributed by atoms with van der Waals surface area (Å²) in [5, 5.41) is 6.56. The maximum absolute atomic E-state index is 5.87. The normalized spacial score (nSPS) is 10.9. The molecule has 0 amide bonds. The molecule has 2 aromatic rings. The Kier molecular flexibility index (Phi) is 2.56. The first-order chi connectivity index (χ1) is 6.31. The van der Waals surface area contributed by atoms with Gasteiger partial charge in [0, 0.05) is 22.2 Å². The molecule has 1 aromatic carbocycles. The van der Waals surface area contributed by atoms with E-state index < -0.39 is 0 Å². The fourth-order valence-corrected chi connectivity index (χ4v) is 1.78. The number of hydrogen-bond acceptors (Lipinski definition) is 2. The Labute approximate surface area is 89.0 Å². The van der Waals surface area contributed by atoms with Crippen molar-refractivity contribution in [2.24, 2.45) is 0 Å². The zero-order chi connectivity index (χ0) is 9.26. The Morgan fingerprint density at radius 1 is 1.46 bits per heavy atom. The van der Waals surface area contributed by atoms with Gasteiger partial charge in [-0.2, -0.15) is 0 Å². The van der Waals surface area contributed by atoms with E-state index in [0.29, 0.717) is 5.02 Å². The Morgan fingerprint density at radius 3 is 3.08 bits per heavy atom. The van der Waals surface area contributed by atoms with Crippen LogP contribution in [-0.4, -0.2) is 10.5 Å². The summed E-state index contributed by atoms with van der Waals surface area (Å²) >= 11 is 9.23. The molecule has 0 spiro atoms. The third kappa shape index (κ3) is 1.71. The van der Waals surface area contributed by atoms with Crippen molar-refractivity contribution in [2.45, 2.75) is 6.42 Å². The quantitative estimate of drug-likeness (QED) is 0.773. The average molecular weight is 261 g/mol. The average Bonchev–Trinajstić information content (AvgIpc) is 2.49. The smallest absolute Gasteiger partial charge is 0.167 e. The number of nitrogens with zero attached hydrogens (tertiary/aromatic N) is 1. The topological polar surface area (TPSA) is 26.0 Å². The summed E-state index contributed by atoms with van der Waals surface area (Å²) in [6.45, 7) is 0. The van der Waals surface area contributed by atoms with Gasteiger partial charge < -0.3 is 4.52 Å². The molecule has 0 N–H and O–H groups in total. The van der Waals surface area contributed by atoms with Crippen molar-refractivity contribution in [1.82, 2.24) is 5.16 Å². The summed E-state index contributed by atoms with van der Waals surface area (Å²) in [5.74, 6) is 0. The first-order valence-corrected chi connectivity index (χ1v) is 5.41. The number of alkyl halides is 1. The number of fused-ring (bicyclic) bond motifs is 1. The van der Waals surface area contributed by atoms with Crippen LogP contribution in [0.1, 0.15) is 5.69 Å². The lowest BCUT2D eigenvalue weighted by atomic mass is 10.2. The van der Waals surface area contributed by atoms with Crippen molar-refractivity contribution >= 4 is 38.5 Å². The molecule has 0 saturated heterocycles. The molecule has 0 fully saturated rings. The predicted octanol–water partition coefficient (Wildman–Crippen LogP) is 3.42. The predicted molar refractivity (Wildman–Crippen MR) is 56.5 cm³/mol. The number of hydrogen-bond donors (Lipinski definition) is 0. The van der Waals surface area contributed by atoms with Gasteiger partial charge in [-0.25, -0.2) is 0 Å². The monoisotopic (exact) mass is 259 g/mol. The summed E-state index contributed by atoms with van der Waals surface area (Å²) in [7, 11) is 0. The van der Waals surface area contributed by atoms with E-state index in [-0.39, 0.29) is 0 Å². The minimum absolute atomic E-state index is 0.714. The number of halogens is 2. The highest BCUT2D eigenvalue weighted by molar-refractivity contribution is 9.09. The van der Waals surface area contributed by atoms with Crippen LogP contribution in [0.2, 0.25) is 5.02 Å². The van der Waals surface area contributed by atoms with E-state index in [0.717, 1.165) is 28.4 Å². The maximum atomic E-state index is 5.87. The minimum Gasteiger partial charge on any atom is -0.356 e. The Bertz CT molecular complexity index is 426. The van der Waals surface area contributed by atoms with Gasteiger partial charge >= 0.3 is 0 Å². The van der Waals surface area contributed by atoms with Crippen LogP contribution >= 0.6 is 27.5 Å². The van der Waals surface area contributed by atoms with E-state index in [1.54, 1.807) is 6.07 Å². The molecule has 1 aromatic heterocycles. The van der Waals surface area contributed by atoms with E-state index in [9.17, 15) is 0 Å². The zero-order valence-electron chi connectivity index (χ0n) is 6.76. The van der Waals surface area contributed by atoms with E-state index in [4.69, 9.17) is 16.1 Å². The van der Waals surface area contributed by atoms with E-state index in [2.05, 4.69) is 21.1 Å². The molecule has 4 heteroatoms. The lowest BCUT2D eigenvalue weighted by molar-refractivity contribution is 0.447. The van der Waals surface area contributed by atoms with Gasteiger partial charge in [-0.1, -0.05) is 32.7 Å². The molecule has 0 atom stereocenters.